The van der Waals surface area contributed by atoms with Crippen LogP contribution in [0.25, 0.3) is 0 Å². The smallest absolute Gasteiger partial charge is 0.272 e. The molecule has 0 radical (unpaired) electrons. The van der Waals surface area contributed by atoms with Crippen LogP contribution in [0, 0.1) is 27.7 Å². The number of hydrogen-bond acceptors (Lipinski definition) is 3. The number of anilines is 3. The third-order valence-corrected chi connectivity index (χ3v) is 6.48. The lowest BCUT2D eigenvalue weighted by atomic mass is 10.1. The molecule has 4 nitrogen and oxygen atoms in total. The van der Waals surface area contributed by atoms with Crippen LogP contribution in [0.1, 0.15) is 22.3 Å². The van der Waals surface area contributed by atoms with Gasteiger partial charge in [0.2, 0.25) is 11.4 Å². The van der Waals surface area contributed by atoms with Crippen molar-refractivity contribution >= 4 is 28.4 Å². The van der Waals surface area contributed by atoms with Crippen molar-refractivity contribution in [2.75, 3.05) is 4.90 Å². The van der Waals surface area contributed by atoms with Crippen molar-refractivity contribution in [3.8, 4) is 5.75 Å². The van der Waals surface area contributed by atoms with Crippen molar-refractivity contribution in [1.82, 2.24) is 4.58 Å². The van der Waals surface area contributed by atoms with Crippen LogP contribution in [-0.2, 0) is 0 Å². The predicted molar refractivity (Wildman–Crippen MR) is 146 cm³/mol. The Balaban J connectivity index is 1.77. The first-order valence-electron chi connectivity index (χ1n) is 12.0. The molecule has 5 aromatic carbocycles. The molecule has 0 aliphatic rings. The summed E-state index contributed by atoms with van der Waals surface area (Å²) in [5.74, 6) is -0.276. The van der Waals surface area contributed by atoms with Gasteiger partial charge in [-0.3, -0.25) is 4.79 Å². The highest BCUT2D eigenvalue weighted by molar-refractivity contribution is 5.82. The van der Waals surface area contributed by atoms with E-state index < -0.39 is 0 Å². The fraction of sp³-hybridized carbons (Fsp3) is 0.125. The summed E-state index contributed by atoms with van der Waals surface area (Å²) in [4.78, 5) is 15.6. The van der Waals surface area contributed by atoms with Crippen LogP contribution in [0.5, 0.6) is 5.75 Å². The lowest BCUT2D eigenvalue weighted by Crippen LogP contribution is -2.46. The molecule has 0 saturated heterocycles. The summed E-state index contributed by atoms with van der Waals surface area (Å²) in [6.07, 6.45) is 0. The summed E-state index contributed by atoms with van der Waals surface area (Å²) in [6.45, 7) is 8.05. The Labute approximate surface area is 211 Å². The van der Waals surface area contributed by atoms with Gasteiger partial charge in [0, 0.05) is 35.6 Å². The Bertz CT molecular complexity index is 1510. The Morgan fingerprint density at radius 1 is 0.556 bits per heavy atom. The van der Waals surface area contributed by atoms with Crippen LogP contribution in [0.3, 0.4) is 0 Å². The van der Waals surface area contributed by atoms with Crippen LogP contribution in [0.2, 0.25) is 0 Å². The predicted octanol–water partition coefficient (Wildman–Crippen LogP) is 6.14. The zero-order chi connectivity index (χ0) is 25.4. The van der Waals surface area contributed by atoms with Crippen LogP contribution in [0.15, 0.2) is 102 Å². The second kappa shape index (κ2) is 9.31. The Hall–Kier alpha value is -4.44. The van der Waals surface area contributed by atoms with E-state index in [9.17, 15) is 9.90 Å². The van der Waals surface area contributed by atoms with Gasteiger partial charge < -0.3 is 10.0 Å². The number of nitrogens with zero attached hydrogens (tertiary/aromatic N) is 2. The normalized spacial score (nSPS) is 11.0. The molecule has 0 amide bonds. The van der Waals surface area contributed by atoms with Crippen LogP contribution in [-0.4, -0.2) is 0 Å². The highest BCUT2D eigenvalue weighted by atomic mass is 16.3. The van der Waals surface area contributed by atoms with E-state index in [2.05, 4.69) is 0 Å². The third kappa shape index (κ3) is 4.22. The fourth-order valence-electron chi connectivity index (χ4n) is 4.36. The molecule has 178 valence electrons. The lowest BCUT2D eigenvalue weighted by molar-refractivity contribution is -0.271. The standard InChI is InChI=1S/C32H28N2O2/c1-21-5-13-25(14-6-21)33(26-15-7-22(2)8-16-26)29-31(35)30(32(29)36)34(27-17-9-23(3)10-18-27)28-19-11-24(4)12-20-28/h5-20H,1-4H3. The minimum atomic E-state index is -0.276. The summed E-state index contributed by atoms with van der Waals surface area (Å²) in [5.41, 5.74) is 7.41. The van der Waals surface area contributed by atoms with Gasteiger partial charge in [-0.25, -0.2) is 0 Å². The van der Waals surface area contributed by atoms with Gasteiger partial charge in [0.1, 0.15) is 0 Å². The van der Waals surface area contributed by atoms with Gasteiger partial charge in [0.25, 0.3) is 10.8 Å². The van der Waals surface area contributed by atoms with Crippen molar-refractivity contribution < 1.29 is 5.11 Å². The molecule has 0 bridgehead atoms. The van der Waals surface area contributed by atoms with E-state index >= 15 is 0 Å². The average molecular weight is 473 g/mol. The zero-order valence-electron chi connectivity index (χ0n) is 20.9. The van der Waals surface area contributed by atoms with E-state index in [1.54, 1.807) is 9.48 Å². The van der Waals surface area contributed by atoms with E-state index in [4.69, 9.17) is 0 Å². The summed E-state index contributed by atoms with van der Waals surface area (Å²) in [5, 5.41) is 14.0. The van der Waals surface area contributed by atoms with Crippen molar-refractivity contribution in [3.05, 3.63) is 135 Å². The number of rotatable bonds is 5. The molecule has 0 spiro atoms. The van der Waals surface area contributed by atoms with Crippen molar-refractivity contribution in [2.24, 2.45) is 0 Å². The zero-order valence-corrected chi connectivity index (χ0v) is 20.9. The monoisotopic (exact) mass is 472 g/mol. The Kier molecular flexibility index (Phi) is 6.03. The Morgan fingerprint density at radius 2 is 0.889 bits per heavy atom. The van der Waals surface area contributed by atoms with Crippen LogP contribution < -0.4 is 25.4 Å². The molecule has 0 aliphatic heterocycles. The minimum absolute atomic E-state index is 0.155. The minimum Gasteiger partial charge on any atom is -0.866 e. The van der Waals surface area contributed by atoms with Crippen molar-refractivity contribution in [2.45, 2.75) is 27.7 Å². The first kappa shape index (κ1) is 23.3. The maximum Gasteiger partial charge on any atom is 0.272 e. The van der Waals surface area contributed by atoms with E-state index in [0.29, 0.717) is 0 Å². The number of aryl methyl sites for hydroxylation is 4. The quantitative estimate of drug-likeness (QED) is 0.289. The maximum absolute atomic E-state index is 13.8. The number of benzene rings is 4. The van der Waals surface area contributed by atoms with E-state index in [-0.39, 0.29) is 22.2 Å². The van der Waals surface area contributed by atoms with Gasteiger partial charge in [0.15, 0.2) is 0 Å². The largest absolute Gasteiger partial charge is 0.866 e. The van der Waals surface area contributed by atoms with E-state index in [0.717, 1.165) is 45.0 Å². The molecule has 0 heterocycles. The maximum atomic E-state index is 13.8. The molecular weight excluding hydrogens is 444 g/mol. The molecule has 0 aliphatic carbocycles. The third-order valence-electron chi connectivity index (χ3n) is 6.48. The second-order valence-corrected chi connectivity index (χ2v) is 9.37. The molecule has 4 heteroatoms. The molecule has 0 N–H and O–H groups in total. The van der Waals surface area contributed by atoms with Gasteiger partial charge in [-0.2, -0.15) is 4.58 Å². The lowest BCUT2D eigenvalue weighted by Gasteiger charge is -2.30. The average Bonchev–Trinajstić information content (AvgIpc) is 2.88. The molecular formula is C32H28N2O2. The highest BCUT2D eigenvalue weighted by Crippen LogP contribution is 2.36. The summed E-state index contributed by atoms with van der Waals surface area (Å²) in [7, 11) is 0. The molecule has 0 aromatic heterocycles. The van der Waals surface area contributed by atoms with Crippen molar-refractivity contribution in [3.63, 3.8) is 0 Å². The summed E-state index contributed by atoms with van der Waals surface area (Å²) >= 11 is 0. The van der Waals surface area contributed by atoms with Crippen molar-refractivity contribution in [1.29, 1.82) is 0 Å². The molecule has 0 fully saturated rings. The first-order valence-corrected chi connectivity index (χ1v) is 12.0. The number of hydrogen-bond donors (Lipinski definition) is 0. The van der Waals surface area contributed by atoms with E-state index in [1.165, 1.54) is 0 Å². The van der Waals surface area contributed by atoms with Gasteiger partial charge >= 0.3 is 0 Å². The molecule has 5 rings (SSSR count). The van der Waals surface area contributed by atoms with Gasteiger partial charge in [-0.15, -0.1) is 0 Å². The van der Waals surface area contributed by atoms with E-state index in [1.807, 2.05) is 125 Å². The summed E-state index contributed by atoms with van der Waals surface area (Å²) in [6, 6.07) is 31.4. The molecule has 0 unspecified atom stereocenters. The first-order chi connectivity index (χ1) is 17.3. The molecule has 36 heavy (non-hydrogen) atoms. The SMILES string of the molecule is Cc1ccc(N(c2ccc(C)cc2)c2c([O-])c(=[N+](c3ccc(C)cc3)c3ccc(C)cc3)c2=O)cc1. The molecule has 0 saturated carbocycles. The summed E-state index contributed by atoms with van der Waals surface area (Å²) < 4.78 is 1.77. The van der Waals surface area contributed by atoms with Gasteiger partial charge in [-0.1, -0.05) is 70.8 Å². The molecule has 0 atom stereocenters. The van der Waals surface area contributed by atoms with Crippen LogP contribution in [0.4, 0.5) is 28.4 Å². The Morgan fingerprint density at radius 3 is 1.22 bits per heavy atom. The molecule has 5 aromatic rings. The van der Waals surface area contributed by atoms with Gasteiger partial charge in [-0.05, 0) is 57.7 Å². The topological polar surface area (TPSA) is 46.4 Å². The second-order valence-electron chi connectivity index (χ2n) is 9.37. The van der Waals surface area contributed by atoms with Crippen LogP contribution >= 0.6 is 0 Å². The van der Waals surface area contributed by atoms with Gasteiger partial charge in [0.05, 0.1) is 5.69 Å². The fourth-order valence-corrected chi connectivity index (χ4v) is 4.36. The highest BCUT2D eigenvalue weighted by Gasteiger charge is 2.29.